The van der Waals surface area contributed by atoms with Gasteiger partial charge in [-0.1, -0.05) is 12.1 Å². The maximum atomic E-state index is 12.5. The minimum atomic E-state index is -3.74. The molecule has 10 heteroatoms. The Labute approximate surface area is 154 Å². The number of rotatable bonds is 6. The van der Waals surface area contributed by atoms with E-state index >= 15 is 0 Å². The molecule has 3 aromatic rings. The van der Waals surface area contributed by atoms with E-state index in [9.17, 15) is 13.2 Å². The number of hydrogen-bond donors (Lipinski definition) is 2. The lowest BCUT2D eigenvalue weighted by Crippen LogP contribution is -2.11. The molecule has 8 nitrogen and oxygen atoms in total. The number of carbonyl (C=O) groups is 1. The molecule has 0 aliphatic rings. The summed E-state index contributed by atoms with van der Waals surface area (Å²) in [6.45, 7) is 3.29. The van der Waals surface area contributed by atoms with Gasteiger partial charge in [-0.3, -0.25) is 9.52 Å². The normalized spacial score (nSPS) is 11.3. The topological polar surface area (TPSA) is 114 Å². The zero-order chi connectivity index (χ0) is 18.7. The lowest BCUT2D eigenvalue weighted by atomic mass is 10.3. The number of thiophene rings is 1. The van der Waals surface area contributed by atoms with Crippen molar-refractivity contribution in [2.45, 2.75) is 24.5 Å². The fourth-order valence-electron chi connectivity index (χ4n) is 2.12. The number of benzene rings is 1. The lowest BCUT2D eigenvalue weighted by Gasteiger charge is -2.07. The largest absolute Gasteiger partial charge is 0.339 e. The highest BCUT2D eigenvalue weighted by molar-refractivity contribution is 7.94. The number of amides is 1. The van der Waals surface area contributed by atoms with Crippen LogP contribution in [0.2, 0.25) is 0 Å². The zero-order valence-corrected chi connectivity index (χ0v) is 15.6. The molecule has 0 saturated carbocycles. The monoisotopic (exact) mass is 392 g/mol. The minimum Gasteiger partial charge on any atom is -0.339 e. The van der Waals surface area contributed by atoms with Gasteiger partial charge in [-0.05, 0) is 30.3 Å². The Morgan fingerprint density at radius 1 is 1.23 bits per heavy atom. The molecular formula is C16H16N4O4S2. The average molecular weight is 392 g/mol. The highest BCUT2D eigenvalue weighted by Crippen LogP contribution is 2.28. The number of nitrogens with one attached hydrogen (secondary N) is 2. The van der Waals surface area contributed by atoms with Gasteiger partial charge in [0.15, 0.2) is 0 Å². The van der Waals surface area contributed by atoms with Crippen molar-refractivity contribution in [1.82, 2.24) is 10.1 Å². The van der Waals surface area contributed by atoms with Gasteiger partial charge in [-0.2, -0.15) is 4.98 Å². The third kappa shape index (κ3) is 4.09. The van der Waals surface area contributed by atoms with Crippen molar-refractivity contribution in [3.8, 4) is 11.4 Å². The number of aryl methyl sites for hydroxylation is 1. The van der Waals surface area contributed by atoms with Crippen LogP contribution in [0.4, 0.5) is 11.4 Å². The van der Waals surface area contributed by atoms with E-state index in [4.69, 9.17) is 4.52 Å². The first-order chi connectivity index (χ1) is 12.4. The van der Waals surface area contributed by atoms with Crippen molar-refractivity contribution in [2.24, 2.45) is 0 Å². The van der Waals surface area contributed by atoms with Crippen LogP contribution >= 0.6 is 11.3 Å². The van der Waals surface area contributed by atoms with Crippen LogP contribution in [0, 0.1) is 0 Å². The van der Waals surface area contributed by atoms with Gasteiger partial charge < -0.3 is 9.84 Å². The molecule has 0 aliphatic carbocycles. The van der Waals surface area contributed by atoms with Gasteiger partial charge in [0, 0.05) is 35.7 Å². The number of anilines is 2. The summed E-state index contributed by atoms with van der Waals surface area (Å²) < 4.78 is 32.8. The summed E-state index contributed by atoms with van der Waals surface area (Å²) in [5, 5.41) is 8.12. The summed E-state index contributed by atoms with van der Waals surface area (Å²) in [6, 6.07) is 7.88. The van der Waals surface area contributed by atoms with Crippen molar-refractivity contribution >= 4 is 38.6 Å². The predicted molar refractivity (Wildman–Crippen MR) is 98.5 cm³/mol. The van der Waals surface area contributed by atoms with Gasteiger partial charge in [0.25, 0.3) is 10.0 Å². The standard InChI is InChI=1S/C16H16N4O4S2/c1-3-14-18-16(19-24-14)11-8-15(25-9-11)26(22,23)20-13-6-4-12(5-7-13)17-10(2)21/h4-9,20H,3H2,1-2H3,(H,17,21). The highest BCUT2D eigenvalue weighted by Gasteiger charge is 2.19. The summed E-state index contributed by atoms with van der Waals surface area (Å²) in [4.78, 5) is 15.2. The minimum absolute atomic E-state index is 0.140. The first-order valence-electron chi connectivity index (χ1n) is 7.69. The second-order valence-electron chi connectivity index (χ2n) is 5.38. The van der Waals surface area contributed by atoms with E-state index in [-0.39, 0.29) is 10.1 Å². The fourth-order valence-corrected chi connectivity index (χ4v) is 4.34. The van der Waals surface area contributed by atoms with Crippen LogP contribution in [0.5, 0.6) is 0 Å². The van der Waals surface area contributed by atoms with Gasteiger partial charge in [0.1, 0.15) is 4.21 Å². The van der Waals surface area contributed by atoms with Gasteiger partial charge >= 0.3 is 0 Å². The number of nitrogens with zero attached hydrogens (tertiary/aromatic N) is 2. The Hall–Kier alpha value is -2.72. The Kier molecular flexibility index (Phi) is 5.05. The Bertz CT molecular complexity index is 1020. The molecule has 0 unspecified atom stereocenters. The number of aromatic nitrogens is 2. The van der Waals surface area contributed by atoms with Crippen LogP contribution in [0.25, 0.3) is 11.4 Å². The third-order valence-electron chi connectivity index (χ3n) is 3.33. The Morgan fingerprint density at radius 2 is 1.92 bits per heavy atom. The van der Waals surface area contributed by atoms with Gasteiger partial charge in [-0.25, -0.2) is 8.42 Å². The molecule has 0 bridgehead atoms. The van der Waals surface area contributed by atoms with E-state index < -0.39 is 10.0 Å². The summed E-state index contributed by atoms with van der Waals surface area (Å²) in [5.74, 6) is 0.657. The molecule has 0 radical (unpaired) electrons. The quantitative estimate of drug-likeness (QED) is 0.666. The summed E-state index contributed by atoms with van der Waals surface area (Å²) in [7, 11) is -3.74. The number of sulfonamides is 1. The average Bonchev–Trinajstić information content (AvgIpc) is 3.25. The first kappa shape index (κ1) is 18.1. The second kappa shape index (κ2) is 7.26. The van der Waals surface area contributed by atoms with Crippen molar-refractivity contribution in [2.75, 3.05) is 10.0 Å². The maximum Gasteiger partial charge on any atom is 0.271 e. The molecule has 0 saturated heterocycles. The maximum absolute atomic E-state index is 12.5. The van der Waals surface area contributed by atoms with Crippen LogP contribution in [0.3, 0.4) is 0 Å². The smallest absolute Gasteiger partial charge is 0.271 e. The Balaban J connectivity index is 1.77. The molecule has 26 heavy (non-hydrogen) atoms. The molecule has 0 aliphatic heterocycles. The SMILES string of the molecule is CCc1nc(-c2csc(S(=O)(=O)Nc3ccc(NC(C)=O)cc3)c2)no1. The van der Waals surface area contributed by atoms with Crippen molar-refractivity contribution < 1.29 is 17.7 Å². The molecule has 2 heterocycles. The second-order valence-corrected chi connectivity index (χ2v) is 8.20. The van der Waals surface area contributed by atoms with Crippen molar-refractivity contribution in [3.63, 3.8) is 0 Å². The van der Waals surface area contributed by atoms with Crippen LogP contribution in [-0.2, 0) is 21.2 Å². The summed E-state index contributed by atoms with van der Waals surface area (Å²) >= 11 is 1.07. The van der Waals surface area contributed by atoms with E-state index in [0.717, 1.165) is 11.3 Å². The van der Waals surface area contributed by atoms with Crippen molar-refractivity contribution in [3.05, 3.63) is 41.6 Å². The molecule has 1 aromatic carbocycles. The van der Waals surface area contributed by atoms with Gasteiger partial charge in [-0.15, -0.1) is 11.3 Å². The summed E-state index contributed by atoms with van der Waals surface area (Å²) in [6.07, 6.45) is 0.609. The van der Waals surface area contributed by atoms with Gasteiger partial charge in [0.2, 0.25) is 17.6 Å². The van der Waals surface area contributed by atoms with Crippen LogP contribution < -0.4 is 10.0 Å². The molecule has 3 rings (SSSR count). The van der Waals surface area contributed by atoms with Crippen LogP contribution in [0.15, 0.2) is 44.4 Å². The fraction of sp³-hybridized carbons (Fsp3) is 0.188. The predicted octanol–water partition coefficient (Wildman–Crippen LogP) is 3.12. The molecule has 0 atom stereocenters. The van der Waals surface area contributed by atoms with E-state index in [2.05, 4.69) is 20.2 Å². The lowest BCUT2D eigenvalue weighted by molar-refractivity contribution is -0.114. The third-order valence-corrected chi connectivity index (χ3v) is 6.15. The zero-order valence-electron chi connectivity index (χ0n) is 14.0. The molecule has 2 aromatic heterocycles. The van der Waals surface area contributed by atoms with Crippen molar-refractivity contribution in [1.29, 1.82) is 0 Å². The molecule has 0 spiro atoms. The Morgan fingerprint density at radius 3 is 2.54 bits per heavy atom. The first-order valence-corrected chi connectivity index (χ1v) is 10.1. The molecular weight excluding hydrogens is 376 g/mol. The van der Waals surface area contributed by atoms with Gasteiger partial charge in [0.05, 0.1) is 0 Å². The van der Waals surface area contributed by atoms with E-state index in [1.165, 1.54) is 13.0 Å². The molecule has 2 N–H and O–H groups in total. The van der Waals surface area contributed by atoms with E-state index in [0.29, 0.717) is 35.1 Å². The highest BCUT2D eigenvalue weighted by atomic mass is 32.2. The van der Waals surface area contributed by atoms with E-state index in [1.807, 2.05) is 6.92 Å². The van der Waals surface area contributed by atoms with Crippen LogP contribution in [0.1, 0.15) is 19.7 Å². The molecule has 1 amide bonds. The van der Waals surface area contributed by atoms with E-state index in [1.54, 1.807) is 29.6 Å². The number of hydrogen-bond acceptors (Lipinski definition) is 7. The molecule has 136 valence electrons. The number of carbonyl (C=O) groups excluding carboxylic acids is 1. The summed E-state index contributed by atoms with van der Waals surface area (Å²) in [5.41, 5.74) is 1.56. The molecule has 0 fully saturated rings. The van der Waals surface area contributed by atoms with Crippen LogP contribution in [-0.4, -0.2) is 24.5 Å².